The van der Waals surface area contributed by atoms with Gasteiger partial charge in [0.2, 0.25) is 5.91 Å². The predicted molar refractivity (Wildman–Crippen MR) is 114 cm³/mol. The van der Waals surface area contributed by atoms with Gasteiger partial charge in [-0.15, -0.1) is 11.3 Å². The molecule has 1 amide bonds. The molecule has 0 bridgehead atoms. The summed E-state index contributed by atoms with van der Waals surface area (Å²) in [5.74, 6) is 1.40. The first-order valence-electron chi connectivity index (χ1n) is 9.00. The largest absolute Gasteiger partial charge is 0.497 e. The Morgan fingerprint density at radius 1 is 1.11 bits per heavy atom. The van der Waals surface area contributed by atoms with E-state index in [1.165, 1.54) is 17.4 Å². The van der Waals surface area contributed by atoms with E-state index in [4.69, 9.17) is 9.47 Å². The van der Waals surface area contributed by atoms with Crippen molar-refractivity contribution >= 4 is 28.5 Å². The van der Waals surface area contributed by atoms with Gasteiger partial charge in [0, 0.05) is 17.0 Å². The number of benzene rings is 2. The first-order valence-corrected chi connectivity index (χ1v) is 9.88. The number of thiazole rings is 1. The third-order valence-electron chi connectivity index (χ3n) is 3.90. The van der Waals surface area contributed by atoms with Crippen molar-refractivity contribution in [3.05, 3.63) is 65.6 Å². The lowest BCUT2D eigenvalue weighted by atomic mass is 10.2. The Hall–Kier alpha value is -3.12. The van der Waals surface area contributed by atoms with Gasteiger partial charge >= 0.3 is 0 Å². The number of amides is 1. The number of hydrogen-bond donors (Lipinski definition) is 1. The van der Waals surface area contributed by atoms with Crippen LogP contribution in [0.15, 0.2) is 60.0 Å². The maximum atomic E-state index is 12.2. The topological polar surface area (TPSA) is 60.5 Å². The highest BCUT2D eigenvalue weighted by atomic mass is 32.1. The summed E-state index contributed by atoms with van der Waals surface area (Å²) < 4.78 is 10.7. The second-order valence-corrected chi connectivity index (χ2v) is 6.86. The van der Waals surface area contributed by atoms with Crippen molar-refractivity contribution in [1.29, 1.82) is 0 Å². The van der Waals surface area contributed by atoms with E-state index in [9.17, 15) is 4.79 Å². The van der Waals surface area contributed by atoms with Crippen LogP contribution in [-0.2, 0) is 4.79 Å². The molecule has 0 spiro atoms. The van der Waals surface area contributed by atoms with Crippen molar-refractivity contribution in [3.63, 3.8) is 0 Å². The van der Waals surface area contributed by atoms with Gasteiger partial charge in [0.15, 0.2) is 5.13 Å². The molecule has 0 aliphatic heterocycles. The fourth-order valence-corrected chi connectivity index (χ4v) is 3.16. The molecule has 0 saturated heterocycles. The van der Waals surface area contributed by atoms with Crippen molar-refractivity contribution in [2.75, 3.05) is 19.0 Å². The number of aromatic nitrogens is 1. The maximum Gasteiger partial charge on any atom is 0.250 e. The SMILES string of the molecule is CCCOc1ccc(/C=C\C(=O)Nc2nc(-c3ccc(OC)cc3)cs2)cc1. The summed E-state index contributed by atoms with van der Waals surface area (Å²) in [4.78, 5) is 16.6. The second kappa shape index (κ2) is 9.71. The van der Waals surface area contributed by atoms with Gasteiger partial charge < -0.3 is 9.47 Å². The summed E-state index contributed by atoms with van der Waals surface area (Å²) in [5, 5.41) is 5.27. The maximum absolute atomic E-state index is 12.2. The Labute approximate surface area is 168 Å². The average Bonchev–Trinajstić information content (AvgIpc) is 3.20. The Balaban J connectivity index is 1.57. The molecular formula is C22H22N2O3S. The summed E-state index contributed by atoms with van der Waals surface area (Å²) in [6, 6.07) is 15.3. The number of nitrogens with one attached hydrogen (secondary N) is 1. The number of methoxy groups -OCH3 is 1. The molecule has 0 unspecified atom stereocenters. The number of anilines is 1. The van der Waals surface area contributed by atoms with Gasteiger partial charge in [-0.3, -0.25) is 10.1 Å². The zero-order valence-electron chi connectivity index (χ0n) is 15.8. The van der Waals surface area contributed by atoms with Crippen molar-refractivity contribution in [2.45, 2.75) is 13.3 Å². The fraction of sp³-hybridized carbons (Fsp3) is 0.182. The van der Waals surface area contributed by atoms with Crippen LogP contribution in [0.25, 0.3) is 17.3 Å². The van der Waals surface area contributed by atoms with Crippen LogP contribution in [0, 0.1) is 0 Å². The van der Waals surface area contributed by atoms with E-state index in [1.54, 1.807) is 13.2 Å². The van der Waals surface area contributed by atoms with Crippen LogP contribution in [0.1, 0.15) is 18.9 Å². The van der Waals surface area contributed by atoms with E-state index in [0.29, 0.717) is 11.7 Å². The molecule has 0 aliphatic carbocycles. The van der Waals surface area contributed by atoms with Crippen LogP contribution in [0.5, 0.6) is 11.5 Å². The average molecular weight is 394 g/mol. The Bertz CT molecular complexity index is 931. The van der Waals surface area contributed by atoms with Crippen LogP contribution < -0.4 is 14.8 Å². The molecule has 3 aromatic rings. The summed E-state index contributed by atoms with van der Waals surface area (Å²) >= 11 is 1.39. The minimum absolute atomic E-state index is 0.220. The summed E-state index contributed by atoms with van der Waals surface area (Å²) in [5.41, 5.74) is 2.71. The Morgan fingerprint density at radius 3 is 2.50 bits per heavy atom. The minimum atomic E-state index is -0.220. The van der Waals surface area contributed by atoms with E-state index in [2.05, 4.69) is 17.2 Å². The fourth-order valence-electron chi connectivity index (χ4n) is 2.44. The van der Waals surface area contributed by atoms with Crippen LogP contribution in [0.2, 0.25) is 0 Å². The molecule has 28 heavy (non-hydrogen) atoms. The third-order valence-corrected chi connectivity index (χ3v) is 4.66. The van der Waals surface area contributed by atoms with Crippen LogP contribution in [0.3, 0.4) is 0 Å². The van der Waals surface area contributed by atoms with Gasteiger partial charge in [-0.05, 0) is 54.5 Å². The van der Waals surface area contributed by atoms with Crippen LogP contribution in [-0.4, -0.2) is 24.6 Å². The third kappa shape index (κ3) is 5.44. The van der Waals surface area contributed by atoms with Crippen molar-refractivity contribution in [2.24, 2.45) is 0 Å². The Morgan fingerprint density at radius 2 is 1.82 bits per heavy atom. The highest BCUT2D eigenvalue weighted by molar-refractivity contribution is 7.14. The van der Waals surface area contributed by atoms with E-state index in [1.807, 2.05) is 53.9 Å². The molecular weight excluding hydrogens is 372 g/mol. The molecule has 0 radical (unpaired) electrons. The van der Waals surface area contributed by atoms with Crippen molar-refractivity contribution < 1.29 is 14.3 Å². The molecule has 0 aliphatic rings. The van der Waals surface area contributed by atoms with Gasteiger partial charge in [0.25, 0.3) is 0 Å². The normalized spacial score (nSPS) is 10.8. The van der Waals surface area contributed by atoms with E-state index >= 15 is 0 Å². The standard InChI is InChI=1S/C22H22N2O3S/c1-3-14-27-19-9-4-16(5-10-19)6-13-21(25)24-22-23-20(15-28-22)17-7-11-18(26-2)12-8-17/h4-13,15H,3,14H2,1-2H3,(H,23,24,25)/b13-6-. The number of nitrogens with zero attached hydrogens (tertiary/aromatic N) is 1. The zero-order valence-corrected chi connectivity index (χ0v) is 16.7. The number of rotatable bonds is 8. The second-order valence-electron chi connectivity index (χ2n) is 6.01. The molecule has 144 valence electrons. The highest BCUT2D eigenvalue weighted by Gasteiger charge is 2.06. The molecule has 1 N–H and O–H groups in total. The van der Waals surface area contributed by atoms with Crippen molar-refractivity contribution in [3.8, 4) is 22.8 Å². The molecule has 1 aromatic heterocycles. The van der Waals surface area contributed by atoms with E-state index in [-0.39, 0.29) is 5.91 Å². The quantitative estimate of drug-likeness (QED) is 0.530. The molecule has 5 nitrogen and oxygen atoms in total. The van der Waals surface area contributed by atoms with Gasteiger partial charge in [-0.2, -0.15) is 0 Å². The summed E-state index contributed by atoms with van der Waals surface area (Å²) in [7, 11) is 1.63. The number of carbonyl (C=O) groups is 1. The monoisotopic (exact) mass is 394 g/mol. The Kier molecular flexibility index (Phi) is 6.81. The molecule has 0 atom stereocenters. The molecule has 6 heteroatoms. The first kappa shape index (κ1) is 19.6. The summed E-state index contributed by atoms with van der Waals surface area (Å²) in [6.45, 7) is 2.77. The van der Waals surface area contributed by atoms with Crippen LogP contribution >= 0.6 is 11.3 Å². The lowest BCUT2D eigenvalue weighted by molar-refractivity contribution is -0.111. The smallest absolute Gasteiger partial charge is 0.250 e. The molecule has 1 heterocycles. The molecule has 0 saturated carbocycles. The lowest BCUT2D eigenvalue weighted by Crippen LogP contribution is -2.07. The number of carbonyl (C=O) groups excluding carboxylic acids is 1. The highest BCUT2D eigenvalue weighted by Crippen LogP contribution is 2.26. The van der Waals surface area contributed by atoms with E-state index < -0.39 is 0 Å². The predicted octanol–water partition coefficient (Wildman–Crippen LogP) is 5.26. The van der Waals surface area contributed by atoms with Gasteiger partial charge in [0.05, 0.1) is 19.4 Å². The van der Waals surface area contributed by atoms with Gasteiger partial charge in [-0.25, -0.2) is 4.98 Å². The van der Waals surface area contributed by atoms with Gasteiger partial charge in [-0.1, -0.05) is 19.1 Å². The minimum Gasteiger partial charge on any atom is -0.497 e. The number of hydrogen-bond acceptors (Lipinski definition) is 5. The summed E-state index contributed by atoms with van der Waals surface area (Å²) in [6.07, 6.45) is 4.23. The first-order chi connectivity index (χ1) is 13.7. The molecule has 3 rings (SSSR count). The molecule has 0 fully saturated rings. The lowest BCUT2D eigenvalue weighted by Gasteiger charge is -2.04. The molecule has 2 aromatic carbocycles. The van der Waals surface area contributed by atoms with Gasteiger partial charge in [0.1, 0.15) is 11.5 Å². The zero-order chi connectivity index (χ0) is 19.8. The van der Waals surface area contributed by atoms with Crippen molar-refractivity contribution in [1.82, 2.24) is 4.98 Å². The van der Waals surface area contributed by atoms with E-state index in [0.717, 1.165) is 34.7 Å². The van der Waals surface area contributed by atoms with Crippen LogP contribution in [0.4, 0.5) is 5.13 Å². The number of ether oxygens (including phenoxy) is 2.